The lowest BCUT2D eigenvalue weighted by molar-refractivity contribution is -0.141. The average molecular weight is 269 g/mol. The topological polar surface area (TPSA) is 61.5 Å². The third kappa shape index (κ3) is 5.70. The van der Waals surface area contributed by atoms with Gasteiger partial charge >= 0.3 is 5.97 Å². The number of carbonyl (C=O) groups is 1. The summed E-state index contributed by atoms with van der Waals surface area (Å²) in [7, 11) is 1.31. The molecule has 106 valence electrons. The summed E-state index contributed by atoms with van der Waals surface area (Å²) in [5.74, 6) is -0.319. The van der Waals surface area contributed by atoms with E-state index in [0.717, 1.165) is 12.0 Å². The summed E-state index contributed by atoms with van der Waals surface area (Å²) in [5.41, 5.74) is 6.63. The zero-order valence-corrected chi connectivity index (χ0v) is 11.3. The van der Waals surface area contributed by atoms with E-state index in [9.17, 15) is 9.18 Å². The van der Waals surface area contributed by atoms with Crippen LogP contribution in [0.3, 0.4) is 0 Å². The third-order valence-corrected chi connectivity index (χ3v) is 2.76. The molecule has 0 radical (unpaired) electrons. The van der Waals surface area contributed by atoms with Crippen molar-refractivity contribution in [2.75, 3.05) is 13.7 Å². The highest BCUT2D eigenvalue weighted by molar-refractivity contribution is 5.69. The van der Waals surface area contributed by atoms with Crippen molar-refractivity contribution >= 4 is 5.97 Å². The van der Waals surface area contributed by atoms with Crippen molar-refractivity contribution in [3.05, 3.63) is 29.6 Å². The number of halogens is 1. The lowest BCUT2D eigenvalue weighted by Crippen LogP contribution is -2.21. The van der Waals surface area contributed by atoms with E-state index in [0.29, 0.717) is 12.2 Å². The fourth-order valence-electron chi connectivity index (χ4n) is 1.62. The maximum absolute atomic E-state index is 13.4. The molecule has 0 aliphatic heterocycles. The molecule has 0 bridgehead atoms. The minimum Gasteiger partial charge on any atom is -0.493 e. The number of carbonyl (C=O) groups excluding carboxylic acids is 1. The van der Waals surface area contributed by atoms with Crippen LogP contribution in [0.2, 0.25) is 0 Å². The van der Waals surface area contributed by atoms with Crippen LogP contribution in [0.5, 0.6) is 5.75 Å². The van der Waals surface area contributed by atoms with Gasteiger partial charge in [-0.25, -0.2) is 4.39 Å². The zero-order valence-electron chi connectivity index (χ0n) is 11.3. The van der Waals surface area contributed by atoms with Crippen LogP contribution in [0.25, 0.3) is 0 Å². The van der Waals surface area contributed by atoms with Crippen LogP contribution >= 0.6 is 0 Å². The molecule has 2 N–H and O–H groups in total. The summed E-state index contributed by atoms with van der Waals surface area (Å²) >= 11 is 0. The Labute approximate surface area is 112 Å². The minimum absolute atomic E-state index is 0.00437. The van der Waals surface area contributed by atoms with E-state index in [-0.39, 0.29) is 30.9 Å². The molecule has 1 atom stereocenters. The molecular weight excluding hydrogens is 249 g/mol. The number of rotatable bonds is 7. The fraction of sp³-hybridized carbons (Fsp3) is 0.500. The molecule has 0 heterocycles. The molecule has 0 fully saturated rings. The van der Waals surface area contributed by atoms with Gasteiger partial charge < -0.3 is 15.2 Å². The molecule has 1 aromatic rings. The van der Waals surface area contributed by atoms with Gasteiger partial charge in [0.05, 0.1) is 20.1 Å². The van der Waals surface area contributed by atoms with Crippen molar-refractivity contribution in [3.8, 4) is 5.75 Å². The summed E-state index contributed by atoms with van der Waals surface area (Å²) < 4.78 is 23.2. The first-order valence-electron chi connectivity index (χ1n) is 6.29. The Kier molecular flexibility index (Phi) is 6.29. The monoisotopic (exact) mass is 269 g/mol. The lowest BCUT2D eigenvalue weighted by atomic mass is 10.0. The van der Waals surface area contributed by atoms with Crippen LogP contribution in [0.4, 0.5) is 4.39 Å². The van der Waals surface area contributed by atoms with Crippen LogP contribution in [0, 0.1) is 5.82 Å². The predicted octanol–water partition coefficient (Wildman–Crippen LogP) is 2.05. The normalized spacial score (nSPS) is 12.0. The molecule has 0 aliphatic carbocycles. The standard InChI is InChI=1S/C14H20FNO3/c1-3-12(16)7-10-6-11(15)9-13(8-10)19-5-4-14(17)18-2/h6,8-9,12H,3-5,7,16H2,1-2H3. The molecule has 4 nitrogen and oxygen atoms in total. The molecule has 19 heavy (non-hydrogen) atoms. The number of esters is 1. The second-order valence-electron chi connectivity index (χ2n) is 4.34. The Balaban J connectivity index is 2.60. The average Bonchev–Trinajstić information content (AvgIpc) is 2.37. The van der Waals surface area contributed by atoms with Gasteiger partial charge in [-0.2, -0.15) is 0 Å². The maximum Gasteiger partial charge on any atom is 0.308 e. The molecule has 0 saturated heterocycles. The highest BCUT2D eigenvalue weighted by atomic mass is 19.1. The van der Waals surface area contributed by atoms with Gasteiger partial charge in [0.1, 0.15) is 11.6 Å². The second kappa shape index (κ2) is 7.74. The summed E-state index contributed by atoms with van der Waals surface area (Å²) in [6.45, 7) is 2.15. The molecule has 0 aromatic heterocycles. The number of hydrogen-bond acceptors (Lipinski definition) is 4. The molecule has 0 amide bonds. The van der Waals surface area contributed by atoms with E-state index in [1.807, 2.05) is 6.92 Å². The van der Waals surface area contributed by atoms with Crippen molar-refractivity contribution in [2.24, 2.45) is 5.73 Å². The highest BCUT2D eigenvalue weighted by Gasteiger charge is 2.07. The lowest BCUT2D eigenvalue weighted by Gasteiger charge is -2.11. The van der Waals surface area contributed by atoms with E-state index in [1.165, 1.54) is 19.2 Å². The smallest absolute Gasteiger partial charge is 0.308 e. The van der Waals surface area contributed by atoms with Crippen molar-refractivity contribution in [3.63, 3.8) is 0 Å². The second-order valence-corrected chi connectivity index (χ2v) is 4.34. The van der Waals surface area contributed by atoms with Gasteiger partial charge in [-0.05, 0) is 30.5 Å². The van der Waals surface area contributed by atoms with Crippen molar-refractivity contribution < 1.29 is 18.7 Å². The summed E-state index contributed by atoms with van der Waals surface area (Å²) in [4.78, 5) is 10.9. The molecule has 0 spiro atoms. The van der Waals surface area contributed by atoms with Crippen LogP contribution in [-0.2, 0) is 16.0 Å². The van der Waals surface area contributed by atoms with E-state index in [1.54, 1.807) is 6.07 Å². The van der Waals surface area contributed by atoms with Crippen LogP contribution in [0.15, 0.2) is 18.2 Å². The molecule has 0 aliphatic rings. The van der Waals surface area contributed by atoms with E-state index >= 15 is 0 Å². The first-order valence-corrected chi connectivity index (χ1v) is 6.29. The Hall–Kier alpha value is -1.62. The van der Waals surface area contributed by atoms with Crippen LogP contribution in [-0.4, -0.2) is 25.7 Å². The van der Waals surface area contributed by atoms with Gasteiger partial charge in [-0.15, -0.1) is 0 Å². The molecule has 1 unspecified atom stereocenters. The first kappa shape index (κ1) is 15.4. The highest BCUT2D eigenvalue weighted by Crippen LogP contribution is 2.18. The predicted molar refractivity (Wildman–Crippen MR) is 70.5 cm³/mol. The van der Waals surface area contributed by atoms with Crippen molar-refractivity contribution in [2.45, 2.75) is 32.2 Å². The van der Waals surface area contributed by atoms with E-state index in [2.05, 4.69) is 4.74 Å². The molecule has 5 heteroatoms. The number of hydrogen-bond donors (Lipinski definition) is 1. The number of nitrogens with two attached hydrogens (primary N) is 1. The van der Waals surface area contributed by atoms with Gasteiger partial charge in [0, 0.05) is 12.1 Å². The summed E-state index contributed by atoms with van der Waals surface area (Å²) in [6, 6.07) is 4.49. The SMILES string of the molecule is CCC(N)Cc1cc(F)cc(OCCC(=O)OC)c1. The number of methoxy groups -OCH3 is 1. The summed E-state index contributed by atoms with van der Waals surface area (Å²) in [5, 5.41) is 0. The fourth-order valence-corrected chi connectivity index (χ4v) is 1.62. The Morgan fingerprint density at radius 3 is 2.79 bits per heavy atom. The van der Waals surface area contributed by atoms with Gasteiger partial charge in [-0.3, -0.25) is 4.79 Å². The van der Waals surface area contributed by atoms with Crippen LogP contribution < -0.4 is 10.5 Å². The van der Waals surface area contributed by atoms with E-state index < -0.39 is 0 Å². The Bertz CT molecular complexity index is 423. The third-order valence-electron chi connectivity index (χ3n) is 2.76. The number of benzene rings is 1. The molecule has 0 saturated carbocycles. The quantitative estimate of drug-likeness (QED) is 0.769. The molecule has 1 aromatic carbocycles. The van der Waals surface area contributed by atoms with Gasteiger partial charge in [0.2, 0.25) is 0 Å². The van der Waals surface area contributed by atoms with Gasteiger partial charge in [0.25, 0.3) is 0 Å². The zero-order chi connectivity index (χ0) is 14.3. The van der Waals surface area contributed by atoms with Crippen molar-refractivity contribution in [1.82, 2.24) is 0 Å². The minimum atomic E-state index is -0.367. The van der Waals surface area contributed by atoms with E-state index in [4.69, 9.17) is 10.5 Å². The Morgan fingerprint density at radius 2 is 2.16 bits per heavy atom. The molecule has 1 rings (SSSR count). The van der Waals surface area contributed by atoms with Gasteiger partial charge in [0.15, 0.2) is 0 Å². The summed E-state index contributed by atoms with van der Waals surface area (Å²) in [6.07, 6.45) is 1.56. The van der Waals surface area contributed by atoms with Crippen molar-refractivity contribution in [1.29, 1.82) is 0 Å². The first-order chi connectivity index (χ1) is 9.05. The van der Waals surface area contributed by atoms with Gasteiger partial charge in [-0.1, -0.05) is 6.92 Å². The number of ether oxygens (including phenoxy) is 2. The van der Waals surface area contributed by atoms with Crippen LogP contribution in [0.1, 0.15) is 25.3 Å². The maximum atomic E-state index is 13.4. The largest absolute Gasteiger partial charge is 0.493 e. The molecular formula is C14H20FNO3. The Morgan fingerprint density at radius 1 is 1.42 bits per heavy atom.